The summed E-state index contributed by atoms with van der Waals surface area (Å²) in [5.41, 5.74) is 12.4. The van der Waals surface area contributed by atoms with Crippen LogP contribution in [-0.2, 0) is 0 Å². The first-order valence-electron chi connectivity index (χ1n) is 16.8. The standard InChI is InChI=1S/C46H29N3O/c1-3-14-30(15-4-1)45-47-44(43-38-23-8-10-27-41(38)50-46(43)48-45)34-19-12-17-32(29-34)31-16-11-18-33(28-31)36-24-13-26-40-42(36)37-22-7-9-25-39(37)49(40)35-20-5-2-6-21-35/h1-29H. The minimum atomic E-state index is 0.588. The second-order valence-electron chi connectivity index (χ2n) is 12.6. The molecule has 0 N–H and O–H groups in total. The van der Waals surface area contributed by atoms with Crippen molar-refractivity contribution < 1.29 is 4.42 Å². The van der Waals surface area contributed by atoms with E-state index in [4.69, 9.17) is 14.4 Å². The van der Waals surface area contributed by atoms with E-state index in [9.17, 15) is 0 Å². The number of hydrogen-bond acceptors (Lipinski definition) is 3. The molecule has 10 aromatic rings. The van der Waals surface area contributed by atoms with Crippen molar-refractivity contribution in [1.29, 1.82) is 0 Å². The van der Waals surface area contributed by atoms with Crippen molar-refractivity contribution in [3.8, 4) is 50.6 Å². The van der Waals surface area contributed by atoms with Crippen LogP contribution in [0.15, 0.2) is 180 Å². The van der Waals surface area contributed by atoms with E-state index >= 15 is 0 Å². The second kappa shape index (κ2) is 11.4. The molecule has 4 heteroatoms. The fourth-order valence-electron chi connectivity index (χ4n) is 7.38. The van der Waals surface area contributed by atoms with E-state index < -0.39 is 0 Å². The van der Waals surface area contributed by atoms with Crippen LogP contribution in [0.25, 0.3) is 94.5 Å². The highest BCUT2D eigenvalue weighted by Crippen LogP contribution is 2.41. The van der Waals surface area contributed by atoms with Crippen LogP contribution in [0.3, 0.4) is 0 Å². The molecule has 0 aliphatic heterocycles. The Labute approximate surface area is 288 Å². The molecule has 0 amide bonds. The molecule has 0 atom stereocenters. The number of furan rings is 1. The SMILES string of the molecule is c1ccc(-c2nc(-c3cccc(-c4cccc(-c5cccc6c5c5ccccc5n6-c5ccccc5)c4)c3)c3c(n2)oc2ccccc23)cc1. The molecule has 0 aliphatic carbocycles. The molecule has 0 bridgehead atoms. The van der Waals surface area contributed by atoms with E-state index in [1.165, 1.54) is 32.9 Å². The second-order valence-corrected chi connectivity index (χ2v) is 12.6. The van der Waals surface area contributed by atoms with Gasteiger partial charge in [-0.15, -0.1) is 0 Å². The lowest BCUT2D eigenvalue weighted by molar-refractivity contribution is 0.653. The van der Waals surface area contributed by atoms with Crippen LogP contribution in [-0.4, -0.2) is 14.5 Å². The van der Waals surface area contributed by atoms with Gasteiger partial charge in [-0.1, -0.05) is 133 Å². The predicted octanol–water partition coefficient (Wildman–Crippen LogP) is 12.1. The molecule has 3 heterocycles. The molecule has 0 saturated carbocycles. The summed E-state index contributed by atoms with van der Waals surface area (Å²) in [7, 11) is 0. The van der Waals surface area contributed by atoms with Crippen molar-refractivity contribution in [3.63, 3.8) is 0 Å². The molecule has 0 radical (unpaired) electrons. The molecule has 10 rings (SSSR count). The molecule has 3 aromatic heterocycles. The average Bonchev–Trinajstić information content (AvgIpc) is 3.74. The summed E-state index contributed by atoms with van der Waals surface area (Å²) in [5.74, 6) is 0.641. The zero-order valence-electron chi connectivity index (χ0n) is 27.0. The van der Waals surface area contributed by atoms with Gasteiger partial charge < -0.3 is 8.98 Å². The Bertz CT molecular complexity index is 2870. The first-order valence-corrected chi connectivity index (χ1v) is 16.8. The zero-order valence-corrected chi connectivity index (χ0v) is 27.0. The van der Waals surface area contributed by atoms with E-state index in [0.29, 0.717) is 11.5 Å². The van der Waals surface area contributed by atoms with Gasteiger partial charge in [-0.25, -0.2) is 4.98 Å². The number of nitrogens with zero attached hydrogens (tertiary/aromatic N) is 3. The summed E-state index contributed by atoms with van der Waals surface area (Å²) in [6, 6.07) is 61.7. The average molecular weight is 640 g/mol. The summed E-state index contributed by atoms with van der Waals surface area (Å²) in [6.45, 7) is 0. The zero-order chi connectivity index (χ0) is 33.0. The van der Waals surface area contributed by atoms with E-state index in [1.54, 1.807) is 0 Å². The topological polar surface area (TPSA) is 43.9 Å². The fourth-order valence-corrected chi connectivity index (χ4v) is 7.38. The lowest BCUT2D eigenvalue weighted by atomic mass is 9.94. The number of para-hydroxylation sites is 3. The highest BCUT2D eigenvalue weighted by Gasteiger charge is 2.19. The van der Waals surface area contributed by atoms with Gasteiger partial charge in [-0.05, 0) is 64.7 Å². The first-order chi connectivity index (χ1) is 24.8. The molecule has 0 saturated heterocycles. The minimum Gasteiger partial charge on any atom is -0.438 e. The quantitative estimate of drug-likeness (QED) is 0.188. The van der Waals surface area contributed by atoms with Crippen LogP contribution in [0, 0.1) is 0 Å². The largest absolute Gasteiger partial charge is 0.438 e. The van der Waals surface area contributed by atoms with Crippen LogP contribution in [0.5, 0.6) is 0 Å². The van der Waals surface area contributed by atoms with Crippen LogP contribution < -0.4 is 0 Å². The lowest BCUT2D eigenvalue weighted by Gasteiger charge is -2.11. The summed E-state index contributed by atoms with van der Waals surface area (Å²) in [4.78, 5) is 10.1. The van der Waals surface area contributed by atoms with Crippen molar-refractivity contribution in [2.24, 2.45) is 0 Å². The highest BCUT2D eigenvalue weighted by atomic mass is 16.3. The molecule has 4 nitrogen and oxygen atoms in total. The Balaban J connectivity index is 1.14. The third-order valence-corrected chi connectivity index (χ3v) is 9.63. The number of benzene rings is 7. The smallest absolute Gasteiger partial charge is 0.231 e. The van der Waals surface area contributed by atoms with Crippen molar-refractivity contribution in [1.82, 2.24) is 14.5 Å². The van der Waals surface area contributed by atoms with Gasteiger partial charge in [0.2, 0.25) is 5.71 Å². The number of fused-ring (bicyclic) bond motifs is 6. The molecule has 0 spiro atoms. The summed E-state index contributed by atoms with van der Waals surface area (Å²) in [6.07, 6.45) is 0. The summed E-state index contributed by atoms with van der Waals surface area (Å²) < 4.78 is 8.67. The van der Waals surface area contributed by atoms with Gasteiger partial charge in [0.15, 0.2) is 5.82 Å². The molecule has 0 unspecified atom stereocenters. The maximum atomic E-state index is 6.30. The van der Waals surface area contributed by atoms with Crippen LogP contribution in [0.2, 0.25) is 0 Å². The molecule has 0 aliphatic rings. The Morgan fingerprint density at radius 2 is 1.02 bits per heavy atom. The number of aromatic nitrogens is 3. The molecular formula is C46H29N3O. The molecule has 50 heavy (non-hydrogen) atoms. The maximum Gasteiger partial charge on any atom is 0.231 e. The highest BCUT2D eigenvalue weighted by molar-refractivity contribution is 6.16. The number of rotatable bonds is 5. The Hall–Kier alpha value is -6.78. The Morgan fingerprint density at radius 1 is 0.420 bits per heavy atom. The van der Waals surface area contributed by atoms with E-state index in [-0.39, 0.29) is 0 Å². The third kappa shape index (κ3) is 4.54. The van der Waals surface area contributed by atoms with Crippen molar-refractivity contribution in [2.75, 3.05) is 0 Å². The normalized spacial score (nSPS) is 11.6. The van der Waals surface area contributed by atoms with Crippen molar-refractivity contribution in [2.45, 2.75) is 0 Å². The van der Waals surface area contributed by atoms with Gasteiger partial charge in [0.1, 0.15) is 5.58 Å². The van der Waals surface area contributed by atoms with Gasteiger partial charge in [0, 0.05) is 33.0 Å². The first kappa shape index (κ1) is 28.3. The molecule has 7 aromatic carbocycles. The van der Waals surface area contributed by atoms with Crippen LogP contribution >= 0.6 is 0 Å². The van der Waals surface area contributed by atoms with Crippen molar-refractivity contribution in [3.05, 3.63) is 176 Å². The Kier molecular flexibility index (Phi) is 6.46. The van der Waals surface area contributed by atoms with E-state index in [1.807, 2.05) is 48.5 Å². The van der Waals surface area contributed by atoms with E-state index in [2.05, 4.69) is 132 Å². The van der Waals surface area contributed by atoms with Crippen LogP contribution in [0.1, 0.15) is 0 Å². The summed E-state index contributed by atoms with van der Waals surface area (Å²) in [5, 5.41) is 4.42. The lowest BCUT2D eigenvalue weighted by Crippen LogP contribution is -1.94. The molecule has 0 fully saturated rings. The minimum absolute atomic E-state index is 0.588. The van der Waals surface area contributed by atoms with E-state index in [0.717, 1.165) is 50.0 Å². The number of hydrogen-bond donors (Lipinski definition) is 0. The molecular weight excluding hydrogens is 611 g/mol. The van der Waals surface area contributed by atoms with Crippen molar-refractivity contribution >= 4 is 43.9 Å². The van der Waals surface area contributed by atoms with Gasteiger partial charge >= 0.3 is 0 Å². The Morgan fingerprint density at radius 3 is 1.84 bits per heavy atom. The maximum absolute atomic E-state index is 6.30. The van der Waals surface area contributed by atoms with Gasteiger partial charge in [-0.3, -0.25) is 0 Å². The van der Waals surface area contributed by atoms with Gasteiger partial charge in [-0.2, -0.15) is 4.98 Å². The van der Waals surface area contributed by atoms with Gasteiger partial charge in [0.25, 0.3) is 0 Å². The van der Waals surface area contributed by atoms with Gasteiger partial charge in [0.05, 0.1) is 22.1 Å². The van der Waals surface area contributed by atoms with Crippen LogP contribution in [0.4, 0.5) is 0 Å². The summed E-state index contributed by atoms with van der Waals surface area (Å²) >= 11 is 0. The molecule has 234 valence electrons. The fraction of sp³-hybridized carbons (Fsp3) is 0. The predicted molar refractivity (Wildman–Crippen MR) is 205 cm³/mol. The monoisotopic (exact) mass is 639 g/mol. The third-order valence-electron chi connectivity index (χ3n) is 9.63.